The molecule has 0 aromatic rings. The zero-order chi connectivity index (χ0) is 8.97. The Hall–Kier alpha value is 0.270. The van der Waals surface area contributed by atoms with Gasteiger partial charge in [-0.15, -0.1) is 0 Å². The van der Waals surface area contributed by atoms with Crippen molar-refractivity contribution in [2.45, 2.75) is 12.8 Å². The summed E-state index contributed by atoms with van der Waals surface area (Å²) < 4.78 is 0. The van der Waals surface area contributed by atoms with Crippen molar-refractivity contribution in [1.29, 1.82) is 0 Å². The molecule has 0 amide bonds. The maximum atomic E-state index is 4.25. The highest BCUT2D eigenvalue weighted by atomic mass is 32.1. The van der Waals surface area contributed by atoms with Crippen LogP contribution in [0.5, 0.6) is 0 Å². The maximum absolute atomic E-state index is 4.25. The zero-order valence-electron chi connectivity index (χ0n) is 8.16. The van der Waals surface area contributed by atoms with E-state index in [1.165, 1.54) is 32.5 Å². The molecule has 1 saturated heterocycles. The molecule has 0 radical (unpaired) electrons. The van der Waals surface area contributed by atoms with E-state index in [2.05, 4.69) is 36.5 Å². The molecule has 0 atom stereocenters. The van der Waals surface area contributed by atoms with Crippen LogP contribution in [-0.2, 0) is 0 Å². The second-order valence-corrected chi connectivity index (χ2v) is 4.21. The van der Waals surface area contributed by atoms with Crippen molar-refractivity contribution in [1.82, 2.24) is 9.80 Å². The largest absolute Gasteiger partial charge is 0.306 e. The summed E-state index contributed by atoms with van der Waals surface area (Å²) >= 11 is 4.25. The van der Waals surface area contributed by atoms with Gasteiger partial charge in [0.25, 0.3) is 0 Å². The van der Waals surface area contributed by atoms with E-state index in [9.17, 15) is 0 Å². The fourth-order valence-corrected chi connectivity index (χ4v) is 1.86. The lowest BCUT2D eigenvalue weighted by atomic mass is 9.97. The summed E-state index contributed by atoms with van der Waals surface area (Å²) in [6.07, 6.45) is 2.71. The van der Waals surface area contributed by atoms with Gasteiger partial charge in [-0.3, -0.25) is 4.90 Å². The second kappa shape index (κ2) is 5.10. The normalized spacial score (nSPS) is 22.0. The predicted molar refractivity (Wildman–Crippen MR) is 56.7 cm³/mol. The quantitative estimate of drug-likeness (QED) is 0.524. The molecule has 0 spiro atoms. The minimum absolute atomic E-state index is 0.881. The number of hydrogen-bond donors (Lipinski definition) is 1. The maximum Gasteiger partial charge on any atom is 0.0411 e. The summed E-state index contributed by atoms with van der Waals surface area (Å²) in [6, 6.07) is 0. The van der Waals surface area contributed by atoms with E-state index in [0.29, 0.717) is 0 Å². The Bertz CT molecular complexity index is 122. The zero-order valence-corrected chi connectivity index (χ0v) is 9.06. The Morgan fingerprint density at radius 1 is 1.42 bits per heavy atom. The van der Waals surface area contributed by atoms with Crippen molar-refractivity contribution in [2.75, 3.05) is 39.6 Å². The molecule has 0 aromatic heterocycles. The number of rotatable bonds is 3. The van der Waals surface area contributed by atoms with Gasteiger partial charge in [0.2, 0.25) is 0 Å². The molecule has 1 fully saturated rings. The molecule has 0 unspecified atom stereocenters. The molecule has 0 saturated carbocycles. The molecule has 1 aliphatic rings. The predicted octanol–water partition coefficient (Wildman–Crippen LogP) is 1.15. The second-order valence-electron chi connectivity index (χ2n) is 3.93. The van der Waals surface area contributed by atoms with Gasteiger partial charge in [-0.1, -0.05) is 0 Å². The molecule has 0 bridgehead atoms. The highest BCUT2D eigenvalue weighted by Gasteiger charge is 2.17. The molecule has 12 heavy (non-hydrogen) atoms. The highest BCUT2D eigenvalue weighted by Crippen LogP contribution is 2.16. The van der Waals surface area contributed by atoms with Crippen LogP contribution in [0.2, 0.25) is 0 Å². The van der Waals surface area contributed by atoms with E-state index >= 15 is 0 Å². The average Bonchev–Trinajstić information content (AvgIpc) is 2.09. The van der Waals surface area contributed by atoms with Crippen LogP contribution in [0.25, 0.3) is 0 Å². The fourth-order valence-electron chi connectivity index (χ4n) is 1.74. The Morgan fingerprint density at radius 2 is 2.00 bits per heavy atom. The monoisotopic (exact) mass is 188 g/mol. The van der Waals surface area contributed by atoms with Gasteiger partial charge in [0.05, 0.1) is 0 Å². The number of nitrogens with zero attached hydrogens (tertiary/aromatic N) is 2. The van der Waals surface area contributed by atoms with Crippen LogP contribution in [0.1, 0.15) is 12.8 Å². The van der Waals surface area contributed by atoms with Gasteiger partial charge in [0, 0.05) is 12.4 Å². The molecule has 1 heterocycles. The molecular weight excluding hydrogens is 168 g/mol. The van der Waals surface area contributed by atoms with Gasteiger partial charge in [0.1, 0.15) is 0 Å². The first-order valence-electron chi connectivity index (χ1n) is 4.70. The molecule has 0 N–H and O–H groups in total. The van der Waals surface area contributed by atoms with Gasteiger partial charge < -0.3 is 4.90 Å². The van der Waals surface area contributed by atoms with E-state index in [0.717, 1.165) is 11.8 Å². The SMILES string of the molecule is CN1CCC(CN(C)CS)CC1. The Morgan fingerprint density at radius 3 is 2.50 bits per heavy atom. The number of likely N-dealkylation sites (tertiary alicyclic amines) is 1. The van der Waals surface area contributed by atoms with Crippen molar-refractivity contribution < 1.29 is 0 Å². The molecule has 72 valence electrons. The topological polar surface area (TPSA) is 6.48 Å². The van der Waals surface area contributed by atoms with Crippen LogP contribution in [0.15, 0.2) is 0 Å². The van der Waals surface area contributed by atoms with Gasteiger partial charge in [-0.05, 0) is 45.9 Å². The van der Waals surface area contributed by atoms with Crippen LogP contribution in [0.4, 0.5) is 0 Å². The van der Waals surface area contributed by atoms with Crippen molar-refractivity contribution in [2.24, 2.45) is 5.92 Å². The van der Waals surface area contributed by atoms with Gasteiger partial charge in [-0.25, -0.2) is 0 Å². The molecular formula is C9H20N2S. The Balaban J connectivity index is 2.17. The third-order valence-electron chi connectivity index (χ3n) is 2.65. The molecule has 1 aliphatic heterocycles. The lowest BCUT2D eigenvalue weighted by molar-refractivity contribution is 0.186. The third kappa shape index (κ3) is 3.33. The number of piperidine rings is 1. The molecule has 1 rings (SSSR count). The average molecular weight is 188 g/mol. The molecule has 0 aliphatic carbocycles. The van der Waals surface area contributed by atoms with Crippen molar-refractivity contribution in [3.05, 3.63) is 0 Å². The Kier molecular flexibility index (Phi) is 4.40. The van der Waals surface area contributed by atoms with Gasteiger partial charge in [0.15, 0.2) is 0 Å². The third-order valence-corrected chi connectivity index (χ3v) is 3.13. The van der Waals surface area contributed by atoms with E-state index in [1.807, 2.05) is 0 Å². The molecule has 2 nitrogen and oxygen atoms in total. The highest BCUT2D eigenvalue weighted by molar-refractivity contribution is 7.80. The lowest BCUT2D eigenvalue weighted by Crippen LogP contribution is -2.35. The summed E-state index contributed by atoms with van der Waals surface area (Å²) in [7, 11) is 4.35. The summed E-state index contributed by atoms with van der Waals surface area (Å²) in [5, 5.41) is 0. The van der Waals surface area contributed by atoms with Crippen LogP contribution in [0, 0.1) is 5.92 Å². The van der Waals surface area contributed by atoms with E-state index in [-0.39, 0.29) is 0 Å². The van der Waals surface area contributed by atoms with Gasteiger partial charge >= 0.3 is 0 Å². The summed E-state index contributed by atoms with van der Waals surface area (Å²) in [6.45, 7) is 3.76. The summed E-state index contributed by atoms with van der Waals surface area (Å²) in [5.74, 6) is 1.78. The first-order chi connectivity index (χ1) is 5.72. The van der Waals surface area contributed by atoms with E-state index in [4.69, 9.17) is 0 Å². The first kappa shape index (κ1) is 10.4. The molecule has 0 aromatic carbocycles. The standard InChI is InChI=1S/C9H20N2S/c1-10-5-3-9(4-6-10)7-11(2)8-12/h9,12H,3-8H2,1-2H3. The minimum Gasteiger partial charge on any atom is -0.306 e. The lowest BCUT2D eigenvalue weighted by Gasteiger charge is -2.31. The van der Waals surface area contributed by atoms with Crippen molar-refractivity contribution >= 4 is 12.6 Å². The Labute approximate surface area is 81.3 Å². The minimum atomic E-state index is 0.881. The smallest absolute Gasteiger partial charge is 0.0411 e. The van der Waals surface area contributed by atoms with Crippen LogP contribution in [-0.4, -0.2) is 49.4 Å². The number of thiol groups is 1. The fraction of sp³-hybridized carbons (Fsp3) is 1.00. The summed E-state index contributed by atoms with van der Waals surface area (Å²) in [5.41, 5.74) is 0. The number of hydrogen-bond acceptors (Lipinski definition) is 3. The van der Waals surface area contributed by atoms with Crippen LogP contribution < -0.4 is 0 Å². The van der Waals surface area contributed by atoms with Crippen molar-refractivity contribution in [3.63, 3.8) is 0 Å². The van der Waals surface area contributed by atoms with Crippen LogP contribution in [0.3, 0.4) is 0 Å². The van der Waals surface area contributed by atoms with Gasteiger partial charge in [-0.2, -0.15) is 12.6 Å². The van der Waals surface area contributed by atoms with E-state index in [1.54, 1.807) is 0 Å². The van der Waals surface area contributed by atoms with Crippen LogP contribution >= 0.6 is 12.6 Å². The van der Waals surface area contributed by atoms with E-state index < -0.39 is 0 Å². The van der Waals surface area contributed by atoms with Crippen molar-refractivity contribution in [3.8, 4) is 0 Å². The first-order valence-corrected chi connectivity index (χ1v) is 5.33. The summed E-state index contributed by atoms with van der Waals surface area (Å²) in [4.78, 5) is 4.70. The molecule has 3 heteroatoms.